The highest BCUT2D eigenvalue weighted by atomic mass is 32.2. The van der Waals surface area contributed by atoms with E-state index in [0.29, 0.717) is 0 Å². The minimum absolute atomic E-state index is 0.0873. The van der Waals surface area contributed by atoms with Gasteiger partial charge in [-0.2, -0.15) is 11.8 Å². The molecule has 0 aromatic heterocycles. The van der Waals surface area contributed by atoms with Crippen molar-refractivity contribution in [2.75, 3.05) is 18.6 Å². The summed E-state index contributed by atoms with van der Waals surface area (Å²) in [7, 11) is 0. The molecule has 0 heterocycles. The fraction of sp³-hybridized carbons (Fsp3) is 0.538. The van der Waals surface area contributed by atoms with Crippen LogP contribution in [-0.4, -0.2) is 18.6 Å². The molecule has 0 saturated heterocycles. The molecule has 0 aliphatic heterocycles. The summed E-state index contributed by atoms with van der Waals surface area (Å²) in [5.41, 5.74) is 8.16. The maximum absolute atomic E-state index is 5.83. The van der Waals surface area contributed by atoms with Gasteiger partial charge in [0, 0.05) is 6.04 Å². The Morgan fingerprint density at radius 3 is 2.75 bits per heavy atom. The fourth-order valence-electron chi connectivity index (χ4n) is 1.50. The second-order valence-electron chi connectivity index (χ2n) is 4.01. The van der Waals surface area contributed by atoms with E-state index in [1.165, 1.54) is 5.56 Å². The second-order valence-corrected chi connectivity index (χ2v) is 4.99. The van der Waals surface area contributed by atoms with Crippen LogP contribution in [0.2, 0.25) is 0 Å². The lowest BCUT2D eigenvalue weighted by Gasteiger charge is -2.12. The molecule has 0 aliphatic rings. The van der Waals surface area contributed by atoms with Crippen molar-refractivity contribution in [3.63, 3.8) is 0 Å². The third kappa shape index (κ3) is 4.06. The highest BCUT2D eigenvalue weighted by molar-refractivity contribution is 7.98. The number of aryl methyl sites for hydroxylation is 1. The van der Waals surface area contributed by atoms with Crippen molar-refractivity contribution in [2.45, 2.75) is 26.3 Å². The van der Waals surface area contributed by atoms with Gasteiger partial charge in [-0.1, -0.05) is 12.1 Å². The molecule has 3 heteroatoms. The molecular weight excluding hydrogens is 218 g/mol. The lowest BCUT2D eigenvalue weighted by molar-refractivity contribution is 0.316. The summed E-state index contributed by atoms with van der Waals surface area (Å²) in [4.78, 5) is 0. The minimum atomic E-state index is 0.0873. The van der Waals surface area contributed by atoms with Crippen molar-refractivity contribution in [1.82, 2.24) is 0 Å². The number of benzene rings is 1. The Morgan fingerprint density at radius 1 is 1.44 bits per heavy atom. The largest absolute Gasteiger partial charge is 0.493 e. The van der Waals surface area contributed by atoms with Crippen LogP contribution in [0.4, 0.5) is 0 Å². The lowest BCUT2D eigenvalue weighted by atomic mass is 10.1. The van der Waals surface area contributed by atoms with Crippen molar-refractivity contribution in [1.29, 1.82) is 0 Å². The summed E-state index contributed by atoms with van der Waals surface area (Å²) in [6.07, 6.45) is 3.21. The molecule has 0 aliphatic carbocycles. The summed E-state index contributed by atoms with van der Waals surface area (Å²) in [5, 5.41) is 0. The van der Waals surface area contributed by atoms with Gasteiger partial charge in [0.2, 0.25) is 0 Å². The molecule has 1 atom stereocenters. The molecule has 0 saturated carbocycles. The first-order chi connectivity index (χ1) is 7.65. The van der Waals surface area contributed by atoms with Crippen LogP contribution in [0.25, 0.3) is 0 Å². The monoisotopic (exact) mass is 239 g/mol. The van der Waals surface area contributed by atoms with E-state index in [9.17, 15) is 0 Å². The zero-order valence-electron chi connectivity index (χ0n) is 10.3. The Kier molecular flexibility index (Phi) is 5.71. The maximum Gasteiger partial charge on any atom is 0.122 e. The van der Waals surface area contributed by atoms with Crippen LogP contribution in [0, 0.1) is 6.92 Å². The normalized spacial score (nSPS) is 12.5. The molecule has 1 rings (SSSR count). The van der Waals surface area contributed by atoms with Crippen LogP contribution in [0.15, 0.2) is 18.2 Å². The molecule has 2 N–H and O–H groups in total. The Bertz CT molecular complexity index is 326. The average molecular weight is 239 g/mol. The predicted octanol–water partition coefficient (Wildman–Crippen LogP) is 3.15. The quantitative estimate of drug-likeness (QED) is 0.775. The van der Waals surface area contributed by atoms with E-state index in [1.807, 2.05) is 30.8 Å². The van der Waals surface area contributed by atoms with Gasteiger partial charge in [0.1, 0.15) is 5.75 Å². The van der Waals surface area contributed by atoms with Gasteiger partial charge in [-0.3, -0.25) is 0 Å². The molecule has 1 aromatic rings. The van der Waals surface area contributed by atoms with Crippen LogP contribution < -0.4 is 10.5 Å². The van der Waals surface area contributed by atoms with Gasteiger partial charge in [0.05, 0.1) is 6.61 Å². The van der Waals surface area contributed by atoms with Gasteiger partial charge >= 0.3 is 0 Å². The van der Waals surface area contributed by atoms with E-state index >= 15 is 0 Å². The van der Waals surface area contributed by atoms with E-state index in [4.69, 9.17) is 10.5 Å². The van der Waals surface area contributed by atoms with Gasteiger partial charge < -0.3 is 10.5 Å². The summed E-state index contributed by atoms with van der Waals surface area (Å²) in [5.74, 6) is 2.13. The molecule has 0 spiro atoms. The van der Waals surface area contributed by atoms with Gasteiger partial charge in [-0.05, 0) is 49.5 Å². The maximum atomic E-state index is 5.83. The number of thioether (sulfide) groups is 1. The number of rotatable bonds is 6. The van der Waals surface area contributed by atoms with E-state index in [-0.39, 0.29) is 6.04 Å². The number of hydrogen-bond donors (Lipinski definition) is 1. The number of hydrogen-bond acceptors (Lipinski definition) is 3. The van der Waals surface area contributed by atoms with Crippen molar-refractivity contribution in [2.24, 2.45) is 5.73 Å². The predicted molar refractivity (Wildman–Crippen MR) is 72.3 cm³/mol. The zero-order valence-corrected chi connectivity index (χ0v) is 11.1. The molecule has 0 bridgehead atoms. The smallest absolute Gasteiger partial charge is 0.122 e. The van der Waals surface area contributed by atoms with Crippen LogP contribution in [0.1, 0.15) is 30.5 Å². The van der Waals surface area contributed by atoms with Gasteiger partial charge in [0.15, 0.2) is 0 Å². The van der Waals surface area contributed by atoms with Crippen LogP contribution in [-0.2, 0) is 0 Å². The highest BCUT2D eigenvalue weighted by Crippen LogP contribution is 2.22. The third-order valence-electron chi connectivity index (χ3n) is 2.48. The third-order valence-corrected chi connectivity index (χ3v) is 3.17. The highest BCUT2D eigenvalue weighted by Gasteiger charge is 2.03. The first kappa shape index (κ1) is 13.4. The SMILES string of the molecule is CSCCCOc1ccc([C@H](C)N)cc1C. The van der Waals surface area contributed by atoms with Crippen molar-refractivity contribution in [3.05, 3.63) is 29.3 Å². The molecular formula is C13H21NOS. The van der Waals surface area contributed by atoms with Gasteiger partial charge in [0.25, 0.3) is 0 Å². The van der Waals surface area contributed by atoms with Gasteiger partial charge in [-0.15, -0.1) is 0 Å². The summed E-state index contributed by atoms with van der Waals surface area (Å²) in [6, 6.07) is 6.26. The van der Waals surface area contributed by atoms with Crippen LogP contribution in [0.3, 0.4) is 0 Å². The Morgan fingerprint density at radius 2 is 2.19 bits per heavy atom. The first-order valence-electron chi connectivity index (χ1n) is 5.63. The minimum Gasteiger partial charge on any atom is -0.493 e. The molecule has 16 heavy (non-hydrogen) atoms. The lowest BCUT2D eigenvalue weighted by Crippen LogP contribution is -2.06. The average Bonchev–Trinajstić information content (AvgIpc) is 2.26. The summed E-state index contributed by atoms with van der Waals surface area (Å²) < 4.78 is 5.72. The molecule has 2 nitrogen and oxygen atoms in total. The summed E-state index contributed by atoms with van der Waals surface area (Å²) in [6.45, 7) is 4.85. The first-order valence-corrected chi connectivity index (χ1v) is 7.02. The molecule has 90 valence electrons. The van der Waals surface area contributed by atoms with E-state index < -0.39 is 0 Å². The second kappa shape index (κ2) is 6.81. The standard InChI is InChI=1S/C13H21NOS/c1-10-9-12(11(2)14)5-6-13(10)15-7-4-8-16-3/h5-6,9,11H,4,7-8,14H2,1-3H3/t11-/m0/s1. The molecule has 0 fully saturated rings. The van der Waals surface area contributed by atoms with Crippen LogP contribution >= 0.6 is 11.8 Å². The van der Waals surface area contributed by atoms with Crippen LogP contribution in [0.5, 0.6) is 5.75 Å². The molecule has 1 aromatic carbocycles. The number of nitrogens with two attached hydrogens (primary N) is 1. The van der Waals surface area contributed by atoms with E-state index in [1.54, 1.807) is 0 Å². The van der Waals surface area contributed by atoms with E-state index in [2.05, 4.69) is 19.2 Å². The Hall–Kier alpha value is -0.670. The topological polar surface area (TPSA) is 35.2 Å². The fourth-order valence-corrected chi connectivity index (χ4v) is 1.91. The molecule has 0 radical (unpaired) electrons. The zero-order chi connectivity index (χ0) is 12.0. The summed E-state index contributed by atoms with van der Waals surface area (Å²) >= 11 is 1.85. The van der Waals surface area contributed by atoms with E-state index in [0.717, 1.165) is 30.1 Å². The Balaban J connectivity index is 2.54. The van der Waals surface area contributed by atoms with Gasteiger partial charge in [-0.25, -0.2) is 0 Å². The molecule has 0 amide bonds. The van der Waals surface area contributed by atoms with Crippen molar-refractivity contribution >= 4 is 11.8 Å². The Labute approximate surface area is 103 Å². The van der Waals surface area contributed by atoms with Crippen molar-refractivity contribution in [3.8, 4) is 5.75 Å². The molecule has 0 unspecified atom stereocenters. The van der Waals surface area contributed by atoms with Crippen molar-refractivity contribution < 1.29 is 4.74 Å². The number of ether oxygens (including phenoxy) is 1.